The maximum atomic E-state index is 11.8. The van der Waals surface area contributed by atoms with E-state index in [0.29, 0.717) is 24.7 Å². The quantitative estimate of drug-likeness (QED) is 0.626. The Bertz CT molecular complexity index is 639. The zero-order valence-corrected chi connectivity index (χ0v) is 12.9. The van der Waals surface area contributed by atoms with E-state index in [9.17, 15) is 4.79 Å². The number of carbonyl (C=O) groups is 1. The van der Waals surface area contributed by atoms with Gasteiger partial charge in [-0.25, -0.2) is 4.98 Å². The molecule has 22 heavy (non-hydrogen) atoms. The van der Waals surface area contributed by atoms with Crippen molar-refractivity contribution in [3.63, 3.8) is 0 Å². The van der Waals surface area contributed by atoms with E-state index in [2.05, 4.69) is 36.2 Å². The topological polar surface area (TPSA) is 110 Å². The fraction of sp³-hybridized carbons (Fsp3) is 0.462. The Hall–Kier alpha value is -2.71. The maximum Gasteiger partial charge on any atom is 0.273 e. The minimum atomic E-state index is -0.248. The number of hydrogen-bond acceptors (Lipinski definition) is 7. The first kappa shape index (κ1) is 15.7. The fourth-order valence-electron chi connectivity index (χ4n) is 1.80. The van der Waals surface area contributed by atoms with Crippen LogP contribution in [0.3, 0.4) is 0 Å². The lowest BCUT2D eigenvalue weighted by Crippen LogP contribution is -2.29. The smallest absolute Gasteiger partial charge is 0.273 e. The third-order valence-electron chi connectivity index (χ3n) is 2.74. The fourth-order valence-corrected chi connectivity index (χ4v) is 1.80. The van der Waals surface area contributed by atoms with Crippen LogP contribution in [0.5, 0.6) is 0 Å². The molecule has 0 aliphatic rings. The molecule has 0 aliphatic carbocycles. The van der Waals surface area contributed by atoms with Crippen LogP contribution in [0, 0.1) is 6.92 Å². The van der Waals surface area contributed by atoms with Gasteiger partial charge >= 0.3 is 0 Å². The zero-order chi connectivity index (χ0) is 15.9. The molecule has 3 N–H and O–H groups in total. The molecule has 0 saturated heterocycles. The Balaban J connectivity index is 1.80. The highest BCUT2D eigenvalue weighted by atomic mass is 16.2. The number of nitrogens with one attached hydrogen (secondary N) is 3. The second kappa shape index (κ2) is 7.34. The van der Waals surface area contributed by atoms with Crippen LogP contribution >= 0.6 is 0 Å². The molecular formula is C13H20N8O. The molecule has 2 aromatic heterocycles. The van der Waals surface area contributed by atoms with Gasteiger partial charge in [-0.3, -0.25) is 9.48 Å². The van der Waals surface area contributed by atoms with E-state index >= 15 is 0 Å². The van der Waals surface area contributed by atoms with Crippen molar-refractivity contribution >= 4 is 17.7 Å². The number of rotatable bonds is 7. The number of aromatic nitrogens is 5. The third-order valence-corrected chi connectivity index (χ3v) is 2.74. The Labute approximate surface area is 128 Å². The Morgan fingerprint density at radius 2 is 2.09 bits per heavy atom. The van der Waals surface area contributed by atoms with Crippen LogP contribution < -0.4 is 16.0 Å². The molecule has 0 aromatic carbocycles. The van der Waals surface area contributed by atoms with Crippen LogP contribution in [0.1, 0.15) is 23.1 Å². The summed E-state index contributed by atoms with van der Waals surface area (Å²) >= 11 is 0. The van der Waals surface area contributed by atoms with Gasteiger partial charge in [-0.2, -0.15) is 4.98 Å². The molecule has 2 heterocycles. The summed E-state index contributed by atoms with van der Waals surface area (Å²) in [6.07, 6.45) is 1.57. The molecular weight excluding hydrogens is 284 g/mol. The molecule has 0 unspecified atom stereocenters. The SMILES string of the molecule is CCNc1nc(C)cc(NCCNC(=O)c2cn(C)nn2)n1. The van der Waals surface area contributed by atoms with E-state index in [0.717, 1.165) is 18.1 Å². The average Bonchev–Trinajstić information content (AvgIpc) is 2.90. The van der Waals surface area contributed by atoms with E-state index < -0.39 is 0 Å². The first-order valence-electron chi connectivity index (χ1n) is 7.06. The largest absolute Gasteiger partial charge is 0.368 e. The standard InChI is InChI=1S/C13H20N8O/c1-4-14-13-17-9(2)7-11(18-13)15-5-6-16-12(22)10-8-21(3)20-19-10/h7-8H,4-6H2,1-3H3,(H,16,22)(H2,14,15,17,18). The van der Waals surface area contributed by atoms with Gasteiger partial charge < -0.3 is 16.0 Å². The Morgan fingerprint density at radius 1 is 1.27 bits per heavy atom. The third kappa shape index (κ3) is 4.40. The number of hydrogen-bond donors (Lipinski definition) is 3. The van der Waals surface area contributed by atoms with Gasteiger partial charge in [0.15, 0.2) is 5.69 Å². The summed E-state index contributed by atoms with van der Waals surface area (Å²) in [6, 6.07) is 1.85. The Morgan fingerprint density at radius 3 is 2.77 bits per heavy atom. The highest BCUT2D eigenvalue weighted by Gasteiger charge is 2.08. The van der Waals surface area contributed by atoms with Crippen LogP contribution in [0.25, 0.3) is 0 Å². The lowest BCUT2D eigenvalue weighted by atomic mass is 10.4. The number of carbonyl (C=O) groups excluding carboxylic acids is 1. The predicted molar refractivity (Wildman–Crippen MR) is 82.8 cm³/mol. The second-order valence-electron chi connectivity index (χ2n) is 4.71. The molecule has 0 atom stereocenters. The van der Waals surface area contributed by atoms with Crippen molar-refractivity contribution in [3.8, 4) is 0 Å². The van der Waals surface area contributed by atoms with E-state index in [-0.39, 0.29) is 5.91 Å². The van der Waals surface area contributed by atoms with E-state index in [4.69, 9.17) is 0 Å². The summed E-state index contributed by atoms with van der Waals surface area (Å²) in [4.78, 5) is 20.4. The summed E-state index contributed by atoms with van der Waals surface area (Å²) in [6.45, 7) is 5.66. The van der Waals surface area contributed by atoms with Crippen LogP contribution in [-0.4, -0.2) is 50.5 Å². The highest BCUT2D eigenvalue weighted by molar-refractivity contribution is 5.91. The summed E-state index contributed by atoms with van der Waals surface area (Å²) in [5.41, 5.74) is 1.17. The molecule has 2 rings (SSSR count). The van der Waals surface area contributed by atoms with Gasteiger partial charge in [0, 0.05) is 38.4 Å². The van der Waals surface area contributed by atoms with Gasteiger partial charge in [-0.05, 0) is 13.8 Å². The number of anilines is 2. The highest BCUT2D eigenvalue weighted by Crippen LogP contribution is 2.08. The van der Waals surface area contributed by atoms with Crippen LogP contribution in [0.15, 0.2) is 12.3 Å². The van der Waals surface area contributed by atoms with Crippen LogP contribution in [0.2, 0.25) is 0 Å². The summed E-state index contributed by atoms with van der Waals surface area (Å²) in [7, 11) is 1.71. The van der Waals surface area contributed by atoms with E-state index in [1.54, 1.807) is 13.2 Å². The van der Waals surface area contributed by atoms with Crippen molar-refractivity contribution in [1.82, 2.24) is 30.3 Å². The van der Waals surface area contributed by atoms with Crippen molar-refractivity contribution in [2.24, 2.45) is 7.05 Å². The number of nitrogens with zero attached hydrogens (tertiary/aromatic N) is 5. The lowest BCUT2D eigenvalue weighted by molar-refractivity contribution is 0.0950. The molecule has 9 nitrogen and oxygen atoms in total. The van der Waals surface area contributed by atoms with Crippen molar-refractivity contribution < 1.29 is 4.79 Å². The lowest BCUT2D eigenvalue weighted by Gasteiger charge is -2.09. The van der Waals surface area contributed by atoms with Gasteiger partial charge in [0.2, 0.25) is 5.95 Å². The molecule has 0 aliphatic heterocycles. The van der Waals surface area contributed by atoms with Crippen LogP contribution in [0.4, 0.5) is 11.8 Å². The molecule has 118 valence electrons. The first-order valence-corrected chi connectivity index (χ1v) is 7.06. The van der Waals surface area contributed by atoms with Gasteiger partial charge in [0.05, 0.1) is 6.20 Å². The van der Waals surface area contributed by atoms with Crippen LogP contribution in [-0.2, 0) is 7.05 Å². The molecule has 2 aromatic rings. The van der Waals surface area contributed by atoms with Gasteiger partial charge in [-0.15, -0.1) is 5.10 Å². The van der Waals surface area contributed by atoms with Gasteiger partial charge in [-0.1, -0.05) is 5.21 Å². The molecule has 1 amide bonds. The van der Waals surface area contributed by atoms with Crippen molar-refractivity contribution in [1.29, 1.82) is 0 Å². The maximum absolute atomic E-state index is 11.8. The van der Waals surface area contributed by atoms with E-state index in [1.807, 2.05) is 19.9 Å². The summed E-state index contributed by atoms with van der Waals surface area (Å²) in [5, 5.41) is 16.4. The zero-order valence-electron chi connectivity index (χ0n) is 12.9. The summed E-state index contributed by atoms with van der Waals surface area (Å²) < 4.78 is 1.49. The van der Waals surface area contributed by atoms with Crippen molar-refractivity contribution in [2.45, 2.75) is 13.8 Å². The molecule has 0 radical (unpaired) electrons. The first-order chi connectivity index (χ1) is 10.6. The van der Waals surface area contributed by atoms with E-state index in [1.165, 1.54) is 4.68 Å². The molecule has 0 fully saturated rings. The minimum Gasteiger partial charge on any atom is -0.368 e. The number of aryl methyl sites for hydroxylation is 2. The predicted octanol–water partition coefficient (Wildman–Crippen LogP) is 0.187. The molecule has 0 bridgehead atoms. The normalized spacial score (nSPS) is 10.3. The Kier molecular flexibility index (Phi) is 5.23. The monoisotopic (exact) mass is 304 g/mol. The molecule has 0 saturated carbocycles. The molecule has 0 spiro atoms. The summed E-state index contributed by atoms with van der Waals surface area (Å²) in [5.74, 6) is 1.06. The molecule has 9 heteroatoms. The van der Waals surface area contributed by atoms with Crippen molar-refractivity contribution in [2.75, 3.05) is 30.3 Å². The van der Waals surface area contributed by atoms with Gasteiger partial charge in [0.1, 0.15) is 5.82 Å². The number of amides is 1. The minimum absolute atomic E-state index is 0.248. The average molecular weight is 304 g/mol. The van der Waals surface area contributed by atoms with Crippen molar-refractivity contribution in [3.05, 3.63) is 23.7 Å². The second-order valence-corrected chi connectivity index (χ2v) is 4.71. The van der Waals surface area contributed by atoms with Gasteiger partial charge in [0.25, 0.3) is 5.91 Å².